The van der Waals surface area contributed by atoms with Gasteiger partial charge in [0.05, 0.1) is 16.6 Å². The van der Waals surface area contributed by atoms with E-state index in [1.54, 1.807) is 13.8 Å². The third kappa shape index (κ3) is 6.31. The lowest BCUT2D eigenvalue weighted by molar-refractivity contribution is 0.0118. The third-order valence-corrected chi connectivity index (χ3v) is 9.87. The highest BCUT2D eigenvalue weighted by Crippen LogP contribution is 2.35. The summed E-state index contributed by atoms with van der Waals surface area (Å²) in [6.07, 6.45) is 3.22. The zero-order valence-corrected chi connectivity index (χ0v) is 22.9. The molecule has 1 heterocycles. The van der Waals surface area contributed by atoms with E-state index in [-0.39, 0.29) is 11.0 Å². The number of piperidine rings is 1. The van der Waals surface area contributed by atoms with Gasteiger partial charge in [0.25, 0.3) is 0 Å². The van der Waals surface area contributed by atoms with Crippen LogP contribution in [0.5, 0.6) is 0 Å². The smallest absolute Gasteiger partial charge is 0.156 e. The van der Waals surface area contributed by atoms with Crippen LogP contribution < -0.4 is 4.90 Å². The van der Waals surface area contributed by atoms with Crippen molar-refractivity contribution in [2.75, 3.05) is 18.0 Å². The fourth-order valence-corrected chi connectivity index (χ4v) is 5.97. The van der Waals surface area contributed by atoms with E-state index in [4.69, 9.17) is 11.6 Å². The molecule has 0 unspecified atom stereocenters. The van der Waals surface area contributed by atoms with Gasteiger partial charge in [-0.3, -0.25) is 0 Å². The van der Waals surface area contributed by atoms with E-state index in [0.29, 0.717) is 17.9 Å². The van der Waals surface area contributed by atoms with Gasteiger partial charge >= 0.3 is 0 Å². The normalized spacial score (nSPS) is 15.9. The van der Waals surface area contributed by atoms with Crippen molar-refractivity contribution in [2.24, 2.45) is 0 Å². The van der Waals surface area contributed by atoms with Crippen LogP contribution in [0.4, 0.5) is 5.69 Å². The van der Waals surface area contributed by atoms with Crippen molar-refractivity contribution in [3.05, 3.63) is 99.6 Å². The number of sulfone groups is 1. The first-order valence-electron chi connectivity index (χ1n) is 12.7. The third-order valence-electron chi connectivity index (χ3n) is 7.45. The summed E-state index contributed by atoms with van der Waals surface area (Å²) in [6.45, 7) is 7.13. The Kier molecular flexibility index (Phi) is 8.13. The van der Waals surface area contributed by atoms with Crippen LogP contribution in [0.15, 0.2) is 66.7 Å². The Morgan fingerprint density at radius 3 is 2.11 bits per heavy atom. The first-order chi connectivity index (χ1) is 17.1. The summed E-state index contributed by atoms with van der Waals surface area (Å²) < 4.78 is 24.5. The number of nitrogens with zero attached hydrogens (tertiary/aromatic N) is 1. The highest BCUT2D eigenvalue weighted by molar-refractivity contribution is 7.91. The number of halogens is 1. The van der Waals surface area contributed by atoms with Crippen LogP contribution in [-0.4, -0.2) is 31.9 Å². The van der Waals surface area contributed by atoms with Crippen LogP contribution in [0.2, 0.25) is 5.02 Å². The van der Waals surface area contributed by atoms with Crippen LogP contribution in [0, 0.1) is 6.92 Å². The van der Waals surface area contributed by atoms with Crippen molar-refractivity contribution >= 4 is 27.1 Å². The summed E-state index contributed by atoms with van der Waals surface area (Å²) in [6, 6.07) is 22.3. The van der Waals surface area contributed by atoms with Gasteiger partial charge in [0.1, 0.15) is 0 Å². The SMILES string of the molecule is Cc1cc(CS(=O)(=O)C(C)C)ccc1CCc1ccc(N2CCC(O)(c3ccc(Cl)cc3)CC2)cc1. The predicted molar refractivity (Wildman–Crippen MR) is 150 cm³/mol. The molecule has 0 spiro atoms. The molecule has 0 atom stereocenters. The Bertz CT molecular complexity index is 1280. The van der Waals surface area contributed by atoms with Gasteiger partial charge in [0, 0.05) is 23.8 Å². The topological polar surface area (TPSA) is 57.6 Å². The quantitative estimate of drug-likeness (QED) is 0.378. The summed E-state index contributed by atoms with van der Waals surface area (Å²) in [4.78, 5) is 2.34. The lowest BCUT2D eigenvalue weighted by Crippen LogP contribution is -2.42. The van der Waals surface area contributed by atoms with Crippen LogP contribution in [-0.2, 0) is 34.0 Å². The highest BCUT2D eigenvalue weighted by Gasteiger charge is 2.34. The molecule has 3 aromatic carbocycles. The zero-order valence-electron chi connectivity index (χ0n) is 21.4. The van der Waals surface area contributed by atoms with E-state index in [9.17, 15) is 13.5 Å². The molecular weight excluding hydrogens is 490 g/mol. The van der Waals surface area contributed by atoms with Gasteiger partial charge in [-0.2, -0.15) is 0 Å². The fraction of sp³-hybridized carbons (Fsp3) is 0.400. The van der Waals surface area contributed by atoms with Gasteiger partial charge in [0.2, 0.25) is 0 Å². The Labute approximate surface area is 220 Å². The van der Waals surface area contributed by atoms with Gasteiger partial charge in [0.15, 0.2) is 9.84 Å². The minimum Gasteiger partial charge on any atom is -0.385 e. The second-order valence-corrected chi connectivity index (χ2v) is 13.3. The standard InChI is InChI=1S/C30H36ClNO3S/c1-22(2)36(34,35)21-25-5-9-26(23(3)20-25)8-4-24-6-14-29(15-7-24)32-18-16-30(33,17-19-32)27-10-12-28(31)13-11-27/h5-7,9-15,20,22,33H,4,8,16-19,21H2,1-3H3. The van der Waals surface area contributed by atoms with E-state index in [0.717, 1.165) is 42.6 Å². The number of hydrogen-bond acceptors (Lipinski definition) is 4. The van der Waals surface area contributed by atoms with Crippen LogP contribution >= 0.6 is 11.6 Å². The molecule has 6 heteroatoms. The van der Waals surface area contributed by atoms with Crippen LogP contribution in [0.1, 0.15) is 54.5 Å². The number of aryl methyl sites for hydroxylation is 3. The lowest BCUT2D eigenvalue weighted by atomic mass is 9.84. The molecule has 0 bridgehead atoms. The summed E-state index contributed by atoms with van der Waals surface area (Å²) in [7, 11) is -3.09. The Morgan fingerprint density at radius 2 is 1.53 bits per heavy atom. The van der Waals surface area contributed by atoms with Crippen molar-refractivity contribution in [1.29, 1.82) is 0 Å². The molecule has 1 aliphatic rings. The maximum Gasteiger partial charge on any atom is 0.156 e. The van der Waals surface area contributed by atoms with E-state index in [1.165, 1.54) is 16.8 Å². The maximum absolute atomic E-state index is 12.2. The Balaban J connectivity index is 1.32. The van der Waals surface area contributed by atoms with E-state index in [1.807, 2.05) is 36.4 Å². The van der Waals surface area contributed by atoms with Crippen molar-refractivity contribution in [3.8, 4) is 0 Å². The number of anilines is 1. The zero-order chi connectivity index (χ0) is 25.9. The lowest BCUT2D eigenvalue weighted by Gasteiger charge is -2.39. The predicted octanol–water partition coefficient (Wildman–Crippen LogP) is 6.24. The molecule has 0 aromatic heterocycles. The first kappa shape index (κ1) is 26.7. The number of rotatable bonds is 8. The van der Waals surface area contributed by atoms with Gasteiger partial charge in [-0.15, -0.1) is 0 Å². The van der Waals surface area contributed by atoms with E-state index in [2.05, 4.69) is 42.2 Å². The summed E-state index contributed by atoms with van der Waals surface area (Å²) >= 11 is 6.00. The van der Waals surface area contributed by atoms with Crippen LogP contribution in [0.25, 0.3) is 0 Å². The molecule has 0 aliphatic carbocycles. The second-order valence-electron chi connectivity index (χ2n) is 10.3. The Hall–Kier alpha value is -2.34. The summed E-state index contributed by atoms with van der Waals surface area (Å²) in [5, 5.41) is 11.5. The van der Waals surface area contributed by atoms with E-state index >= 15 is 0 Å². The van der Waals surface area contributed by atoms with Gasteiger partial charge in [-0.25, -0.2) is 8.42 Å². The van der Waals surface area contributed by atoms with Gasteiger partial charge in [-0.05, 0) is 98.5 Å². The molecule has 192 valence electrons. The molecule has 36 heavy (non-hydrogen) atoms. The molecule has 3 aromatic rings. The monoisotopic (exact) mass is 525 g/mol. The number of hydrogen-bond donors (Lipinski definition) is 1. The molecule has 4 rings (SSSR count). The number of benzene rings is 3. The molecule has 1 fully saturated rings. The van der Waals surface area contributed by atoms with Crippen LogP contribution in [0.3, 0.4) is 0 Å². The molecule has 1 saturated heterocycles. The minimum absolute atomic E-state index is 0.0981. The second kappa shape index (κ2) is 11.0. The van der Waals surface area contributed by atoms with E-state index < -0.39 is 15.4 Å². The van der Waals surface area contributed by atoms with Crippen molar-refractivity contribution in [3.63, 3.8) is 0 Å². The molecule has 0 amide bonds. The average molecular weight is 526 g/mol. The fourth-order valence-electron chi connectivity index (χ4n) is 4.86. The molecular formula is C30H36ClNO3S. The molecule has 1 N–H and O–H groups in total. The van der Waals surface area contributed by atoms with Crippen molar-refractivity contribution in [1.82, 2.24) is 0 Å². The highest BCUT2D eigenvalue weighted by atomic mass is 35.5. The number of aliphatic hydroxyl groups is 1. The molecule has 1 aliphatic heterocycles. The maximum atomic E-state index is 12.2. The van der Waals surface area contributed by atoms with Gasteiger partial charge < -0.3 is 10.0 Å². The summed E-state index contributed by atoms with van der Waals surface area (Å²) in [5.41, 5.74) is 5.86. The summed E-state index contributed by atoms with van der Waals surface area (Å²) in [5.74, 6) is 0.0981. The minimum atomic E-state index is -3.09. The molecule has 0 saturated carbocycles. The van der Waals surface area contributed by atoms with Crippen molar-refractivity contribution in [2.45, 2.75) is 63.1 Å². The molecule has 0 radical (unpaired) electrons. The van der Waals surface area contributed by atoms with Crippen molar-refractivity contribution < 1.29 is 13.5 Å². The molecule has 4 nitrogen and oxygen atoms in total. The average Bonchev–Trinajstić information content (AvgIpc) is 2.84. The Morgan fingerprint density at radius 1 is 0.917 bits per heavy atom. The van der Waals surface area contributed by atoms with Gasteiger partial charge in [-0.1, -0.05) is 54.1 Å². The first-order valence-corrected chi connectivity index (χ1v) is 14.8. The largest absolute Gasteiger partial charge is 0.385 e.